The van der Waals surface area contributed by atoms with Crippen molar-refractivity contribution in [3.8, 4) is 0 Å². The number of alkyl halides is 6. The summed E-state index contributed by atoms with van der Waals surface area (Å²) >= 11 is 0. The summed E-state index contributed by atoms with van der Waals surface area (Å²) in [7, 11) is 0. The maximum Gasteiger partial charge on any atom is 0.490 e. The van der Waals surface area contributed by atoms with Crippen LogP contribution in [0.1, 0.15) is 87.8 Å². The Morgan fingerprint density at radius 1 is 0.979 bits per heavy atom. The maximum absolute atomic E-state index is 13.0. The molecular weight excluding hydrogens is 640 g/mol. The second-order valence-electron chi connectivity index (χ2n) is 10.9. The Labute approximate surface area is 267 Å². The van der Waals surface area contributed by atoms with Gasteiger partial charge in [0.05, 0.1) is 5.52 Å². The molecule has 1 fully saturated rings. The molecule has 2 aromatic rings. The molecular formula is C29H41F6N7O5. The van der Waals surface area contributed by atoms with E-state index in [0.29, 0.717) is 5.82 Å². The van der Waals surface area contributed by atoms with E-state index in [2.05, 4.69) is 32.8 Å². The summed E-state index contributed by atoms with van der Waals surface area (Å²) in [5.74, 6) is -4.94. The lowest BCUT2D eigenvalue weighted by Gasteiger charge is -2.33. The largest absolute Gasteiger partial charge is 0.490 e. The van der Waals surface area contributed by atoms with Crippen LogP contribution in [-0.4, -0.2) is 74.5 Å². The van der Waals surface area contributed by atoms with Gasteiger partial charge in [0.15, 0.2) is 5.96 Å². The van der Waals surface area contributed by atoms with Crippen LogP contribution >= 0.6 is 0 Å². The second-order valence-corrected chi connectivity index (χ2v) is 10.9. The SMILES string of the molecule is CCCCCCC(C)NC(=O)c1nc(NC2CCCCC2NC(=N)N)c2cc(C)ccc2n1.O=C(O)C(F)(F)F.O=C(O)C(F)(F)F. The maximum atomic E-state index is 13.0. The second kappa shape index (κ2) is 18.7. The highest BCUT2D eigenvalue weighted by Crippen LogP contribution is 2.27. The first-order chi connectivity index (χ1) is 21.8. The Hall–Kier alpha value is -4.38. The zero-order chi connectivity index (χ0) is 35.9. The number of hydrogen-bond donors (Lipinski definition) is 7. The van der Waals surface area contributed by atoms with Crippen molar-refractivity contribution >= 4 is 40.5 Å². The first-order valence-corrected chi connectivity index (χ1v) is 14.8. The van der Waals surface area contributed by atoms with Crippen LogP contribution in [0.4, 0.5) is 32.2 Å². The number of fused-ring (bicyclic) bond motifs is 1. The van der Waals surface area contributed by atoms with Crippen LogP contribution in [-0.2, 0) is 9.59 Å². The molecule has 1 aromatic carbocycles. The molecule has 1 heterocycles. The molecule has 18 heteroatoms. The van der Waals surface area contributed by atoms with E-state index < -0.39 is 24.3 Å². The number of carbonyl (C=O) groups is 3. The Morgan fingerprint density at radius 3 is 2.04 bits per heavy atom. The molecule has 47 heavy (non-hydrogen) atoms. The molecule has 1 aliphatic rings. The smallest absolute Gasteiger partial charge is 0.475 e. The van der Waals surface area contributed by atoms with E-state index in [1.165, 1.54) is 19.3 Å². The van der Waals surface area contributed by atoms with E-state index in [-0.39, 0.29) is 35.8 Å². The van der Waals surface area contributed by atoms with Gasteiger partial charge in [-0.15, -0.1) is 0 Å². The van der Waals surface area contributed by atoms with Crippen molar-refractivity contribution in [2.24, 2.45) is 5.73 Å². The highest BCUT2D eigenvalue weighted by Gasteiger charge is 2.39. The van der Waals surface area contributed by atoms with Crippen molar-refractivity contribution in [1.29, 1.82) is 5.41 Å². The number of aromatic nitrogens is 2. The fourth-order valence-corrected chi connectivity index (χ4v) is 4.54. The molecule has 0 saturated heterocycles. The first-order valence-electron chi connectivity index (χ1n) is 14.8. The summed E-state index contributed by atoms with van der Waals surface area (Å²) < 4.78 is 63.5. The molecule has 3 unspecified atom stereocenters. The number of unbranched alkanes of at least 4 members (excludes halogenated alkanes) is 3. The van der Waals surface area contributed by atoms with E-state index in [4.69, 9.17) is 30.9 Å². The van der Waals surface area contributed by atoms with Crippen LogP contribution in [0.15, 0.2) is 18.2 Å². The molecule has 8 N–H and O–H groups in total. The molecule has 12 nitrogen and oxygen atoms in total. The zero-order valence-corrected chi connectivity index (χ0v) is 26.2. The van der Waals surface area contributed by atoms with Gasteiger partial charge in [-0.05, 0) is 45.2 Å². The van der Waals surface area contributed by atoms with E-state index in [0.717, 1.165) is 55.0 Å². The normalized spacial score (nSPS) is 16.8. The van der Waals surface area contributed by atoms with Gasteiger partial charge in [-0.2, -0.15) is 26.3 Å². The predicted octanol–water partition coefficient (Wildman–Crippen LogP) is 5.50. The number of hydrogen-bond acceptors (Lipinski definition) is 7. The molecule has 0 aliphatic heterocycles. The van der Waals surface area contributed by atoms with Crippen LogP contribution in [0.2, 0.25) is 0 Å². The summed E-state index contributed by atoms with van der Waals surface area (Å²) in [6.07, 6.45) is -0.437. The Bertz CT molecular complexity index is 1330. The van der Waals surface area contributed by atoms with Gasteiger partial charge in [0.1, 0.15) is 5.82 Å². The van der Waals surface area contributed by atoms with Gasteiger partial charge in [0.25, 0.3) is 5.91 Å². The zero-order valence-electron chi connectivity index (χ0n) is 26.2. The first kappa shape index (κ1) is 40.6. The fourth-order valence-electron chi connectivity index (χ4n) is 4.54. The van der Waals surface area contributed by atoms with Crippen molar-refractivity contribution in [3.05, 3.63) is 29.6 Å². The minimum Gasteiger partial charge on any atom is -0.475 e. The lowest BCUT2D eigenvalue weighted by molar-refractivity contribution is -0.193. The van der Waals surface area contributed by atoms with Gasteiger partial charge in [-0.3, -0.25) is 10.2 Å². The van der Waals surface area contributed by atoms with Crippen molar-refractivity contribution in [2.45, 2.75) is 109 Å². The van der Waals surface area contributed by atoms with Gasteiger partial charge >= 0.3 is 24.3 Å². The van der Waals surface area contributed by atoms with Gasteiger partial charge in [0.2, 0.25) is 5.82 Å². The lowest BCUT2D eigenvalue weighted by Crippen LogP contribution is -2.50. The molecule has 0 radical (unpaired) electrons. The van der Waals surface area contributed by atoms with E-state index in [9.17, 15) is 31.1 Å². The molecule has 1 saturated carbocycles. The average Bonchev–Trinajstić information content (AvgIpc) is 2.96. The Morgan fingerprint density at radius 2 is 1.53 bits per heavy atom. The summed E-state index contributed by atoms with van der Waals surface area (Å²) in [4.78, 5) is 40.0. The third-order valence-corrected chi connectivity index (χ3v) is 6.84. The standard InChI is InChI=1S/C25H39N7O.2C2HF3O2/c1-4-5-6-7-10-17(3)28-24(33)23-29-19-14-13-16(2)15-18(19)22(32-23)30-20-11-8-9-12-21(20)31-25(26)27;2*3-2(4,5)1(6)7/h13-15,17,20-21H,4-12H2,1-3H3,(H,28,33)(H4,26,27,31)(H,29,30,32);2*(H,6,7). The summed E-state index contributed by atoms with van der Waals surface area (Å²) in [6.45, 7) is 6.26. The number of anilines is 1. The fraction of sp³-hybridized carbons (Fsp3) is 0.586. The summed E-state index contributed by atoms with van der Waals surface area (Å²) in [6, 6.07) is 6.17. The number of nitrogens with two attached hydrogens (primary N) is 1. The molecule has 264 valence electrons. The van der Waals surface area contributed by atoms with Gasteiger partial charge in [0, 0.05) is 23.5 Å². The number of nitrogens with zero attached hydrogens (tertiary/aromatic N) is 2. The van der Waals surface area contributed by atoms with Gasteiger partial charge in [-0.25, -0.2) is 19.6 Å². The minimum absolute atomic E-state index is 0.0231. The topological polar surface area (TPSA) is 203 Å². The Kier molecular flexibility index (Phi) is 16.2. The summed E-state index contributed by atoms with van der Waals surface area (Å²) in [5.41, 5.74) is 7.46. The number of aryl methyl sites for hydroxylation is 1. The minimum atomic E-state index is -5.08. The van der Waals surface area contributed by atoms with E-state index in [1.54, 1.807) is 0 Å². The number of rotatable bonds is 10. The van der Waals surface area contributed by atoms with Crippen molar-refractivity contribution < 1.29 is 50.9 Å². The van der Waals surface area contributed by atoms with Crippen molar-refractivity contribution in [3.63, 3.8) is 0 Å². The third-order valence-electron chi connectivity index (χ3n) is 6.84. The molecule has 1 amide bonds. The highest BCUT2D eigenvalue weighted by molar-refractivity contribution is 5.96. The molecule has 0 spiro atoms. The average molecular weight is 682 g/mol. The van der Waals surface area contributed by atoms with Gasteiger partial charge < -0.3 is 31.9 Å². The van der Waals surface area contributed by atoms with E-state index in [1.807, 2.05) is 32.0 Å². The molecule has 0 bridgehead atoms. The number of benzene rings is 1. The molecule has 1 aromatic heterocycles. The van der Waals surface area contributed by atoms with Crippen molar-refractivity contribution in [2.75, 3.05) is 5.32 Å². The number of guanidine groups is 1. The lowest BCUT2D eigenvalue weighted by atomic mass is 9.90. The predicted molar refractivity (Wildman–Crippen MR) is 162 cm³/mol. The molecule has 3 rings (SSSR count). The quantitative estimate of drug-likeness (QED) is 0.0726. The highest BCUT2D eigenvalue weighted by atomic mass is 19.4. The van der Waals surface area contributed by atoms with Crippen LogP contribution in [0, 0.1) is 12.3 Å². The number of halogens is 6. The number of nitrogens with one attached hydrogen (secondary N) is 4. The van der Waals surface area contributed by atoms with Crippen molar-refractivity contribution in [1.82, 2.24) is 20.6 Å². The van der Waals surface area contributed by atoms with Crippen LogP contribution in [0.25, 0.3) is 10.9 Å². The number of amides is 1. The third kappa shape index (κ3) is 15.2. The number of carbonyl (C=O) groups excluding carboxylic acids is 1. The molecule has 1 aliphatic carbocycles. The number of aliphatic carboxylic acids is 2. The van der Waals surface area contributed by atoms with Crippen LogP contribution < -0.4 is 21.7 Å². The van der Waals surface area contributed by atoms with E-state index >= 15 is 0 Å². The number of carboxylic acids is 2. The summed E-state index contributed by atoms with van der Waals surface area (Å²) in [5, 5.41) is 32.5. The Balaban J connectivity index is 0.000000658. The number of carboxylic acid groups (broad SMARTS) is 2. The van der Waals surface area contributed by atoms with Gasteiger partial charge in [-0.1, -0.05) is 57.1 Å². The molecule has 3 atom stereocenters. The monoisotopic (exact) mass is 681 g/mol. The van der Waals surface area contributed by atoms with Crippen LogP contribution in [0.5, 0.6) is 0 Å². The van der Waals surface area contributed by atoms with Crippen LogP contribution in [0.3, 0.4) is 0 Å².